The van der Waals surface area contributed by atoms with E-state index < -0.39 is 8.07 Å². The summed E-state index contributed by atoms with van der Waals surface area (Å²) in [5.74, 6) is 5.18. The maximum Gasteiger partial charge on any atom is 0.176 e. The van der Waals surface area contributed by atoms with Gasteiger partial charge in [0, 0.05) is 6.42 Å². The molecule has 0 N–H and O–H groups in total. The Bertz CT molecular complexity index is 435. The van der Waals surface area contributed by atoms with Crippen LogP contribution in [0.1, 0.15) is 60.0 Å². The van der Waals surface area contributed by atoms with Crippen molar-refractivity contribution in [1.82, 2.24) is 0 Å². The monoisotopic (exact) mass is 276 g/mol. The minimum Gasteiger partial charge on any atom is -0.453 e. The summed E-state index contributed by atoms with van der Waals surface area (Å²) < 4.78 is 5.72. The topological polar surface area (TPSA) is 13.1 Å². The van der Waals surface area contributed by atoms with Crippen molar-refractivity contribution >= 4 is 8.07 Å². The Morgan fingerprint density at radius 2 is 1.53 bits per heavy atom. The van der Waals surface area contributed by atoms with E-state index in [0.29, 0.717) is 16.6 Å². The van der Waals surface area contributed by atoms with E-state index in [9.17, 15) is 0 Å². The highest BCUT2D eigenvalue weighted by molar-refractivity contribution is 6.90. The van der Waals surface area contributed by atoms with Gasteiger partial charge in [-0.1, -0.05) is 48.5 Å². The summed E-state index contributed by atoms with van der Waals surface area (Å²) in [6.07, 6.45) is 0.933. The summed E-state index contributed by atoms with van der Waals surface area (Å²) in [5.41, 5.74) is 5.68. The molecule has 0 aliphatic carbocycles. The zero-order valence-electron chi connectivity index (χ0n) is 13.5. The molecule has 0 saturated carbocycles. The lowest BCUT2D eigenvalue weighted by Crippen LogP contribution is -2.43. The van der Waals surface area contributed by atoms with Crippen molar-refractivity contribution in [2.24, 2.45) is 0 Å². The maximum atomic E-state index is 5.72. The van der Waals surface area contributed by atoms with Gasteiger partial charge in [0.05, 0.1) is 0 Å². The van der Waals surface area contributed by atoms with Gasteiger partial charge in [-0.15, -0.1) is 5.54 Å². The summed E-state index contributed by atoms with van der Waals surface area (Å²) >= 11 is 0. The first kappa shape index (κ1) is 16.1. The highest BCUT2D eigenvalue weighted by atomic mass is 28.3. The van der Waals surface area contributed by atoms with Crippen LogP contribution in [0.2, 0.25) is 16.6 Å². The van der Waals surface area contributed by atoms with E-state index in [1.54, 1.807) is 0 Å². The van der Waals surface area contributed by atoms with E-state index in [-0.39, 0.29) is 0 Å². The molecule has 1 heterocycles. The molecule has 0 aliphatic rings. The zero-order valence-corrected chi connectivity index (χ0v) is 14.5. The lowest BCUT2D eigenvalue weighted by Gasteiger charge is -2.37. The molecular formula is C17H28OSi. The van der Waals surface area contributed by atoms with Crippen LogP contribution in [-0.4, -0.2) is 8.07 Å². The third-order valence-corrected chi connectivity index (χ3v) is 10.6. The fourth-order valence-electron chi connectivity index (χ4n) is 3.24. The Kier molecular flexibility index (Phi) is 5.49. The molecule has 0 amide bonds. The molecule has 0 saturated heterocycles. The van der Waals surface area contributed by atoms with Crippen LogP contribution in [0.15, 0.2) is 16.5 Å². The number of rotatable bonds is 4. The van der Waals surface area contributed by atoms with E-state index >= 15 is 0 Å². The summed E-state index contributed by atoms with van der Waals surface area (Å²) in [6, 6.07) is 4.04. The molecule has 1 nitrogen and oxygen atoms in total. The minimum atomic E-state index is -1.63. The standard InChI is InChI=1S/C17H28OSi/c1-8-16-9-10-17(18-16)11-12-19(13(2)3,14(4)5)15(6)7/h9-10,13-15H,8H2,1-7H3. The second-order valence-electron chi connectivity index (χ2n) is 6.27. The molecule has 0 unspecified atom stereocenters. The van der Waals surface area contributed by atoms with Crippen LogP contribution in [0.25, 0.3) is 0 Å². The summed E-state index contributed by atoms with van der Waals surface area (Å²) in [4.78, 5) is 0. The number of hydrogen-bond acceptors (Lipinski definition) is 1. The van der Waals surface area contributed by atoms with E-state index in [0.717, 1.165) is 17.9 Å². The van der Waals surface area contributed by atoms with E-state index in [2.05, 4.69) is 59.9 Å². The molecule has 1 rings (SSSR count). The first-order valence-electron chi connectivity index (χ1n) is 7.46. The van der Waals surface area contributed by atoms with Crippen LogP contribution >= 0.6 is 0 Å². The smallest absolute Gasteiger partial charge is 0.176 e. The van der Waals surface area contributed by atoms with Gasteiger partial charge in [0.2, 0.25) is 0 Å². The molecule has 1 aromatic rings. The predicted molar refractivity (Wildman–Crippen MR) is 86.0 cm³/mol. The van der Waals surface area contributed by atoms with Crippen LogP contribution in [-0.2, 0) is 6.42 Å². The van der Waals surface area contributed by atoms with Gasteiger partial charge < -0.3 is 4.42 Å². The summed E-state index contributed by atoms with van der Waals surface area (Å²) in [7, 11) is -1.63. The van der Waals surface area contributed by atoms with Crippen molar-refractivity contribution in [3.63, 3.8) is 0 Å². The molecule has 106 valence electrons. The van der Waals surface area contributed by atoms with Gasteiger partial charge in [-0.05, 0) is 34.7 Å². The average molecular weight is 276 g/mol. The quantitative estimate of drug-likeness (QED) is 0.529. The Hall–Kier alpha value is -0.943. The van der Waals surface area contributed by atoms with Crippen molar-refractivity contribution < 1.29 is 4.42 Å². The van der Waals surface area contributed by atoms with Gasteiger partial charge in [-0.25, -0.2) is 0 Å². The number of hydrogen-bond donors (Lipinski definition) is 0. The summed E-state index contributed by atoms with van der Waals surface area (Å²) in [5, 5.41) is 0. The van der Waals surface area contributed by atoms with Crippen LogP contribution in [0.4, 0.5) is 0 Å². The van der Waals surface area contributed by atoms with E-state index in [1.807, 2.05) is 12.1 Å². The minimum absolute atomic E-state index is 0.667. The normalized spacial score (nSPS) is 12.1. The van der Waals surface area contributed by atoms with Gasteiger partial charge >= 0.3 is 0 Å². The Balaban J connectivity index is 3.15. The first-order valence-corrected chi connectivity index (χ1v) is 9.69. The molecule has 0 fully saturated rings. The van der Waals surface area contributed by atoms with E-state index in [4.69, 9.17) is 4.42 Å². The second-order valence-corrected chi connectivity index (χ2v) is 11.8. The number of aryl methyl sites for hydroxylation is 1. The SMILES string of the molecule is CCc1ccc(C#C[Si](C(C)C)(C(C)C)C(C)C)o1. The van der Waals surface area contributed by atoms with Gasteiger partial charge in [-0.2, -0.15) is 0 Å². The Morgan fingerprint density at radius 1 is 1.00 bits per heavy atom. The Labute approximate surface area is 119 Å². The van der Waals surface area contributed by atoms with Crippen LogP contribution in [0.5, 0.6) is 0 Å². The molecule has 2 heteroatoms. The highest BCUT2D eigenvalue weighted by Crippen LogP contribution is 2.40. The third-order valence-electron chi connectivity index (χ3n) is 4.28. The molecule has 0 spiro atoms. The molecule has 0 aromatic carbocycles. The van der Waals surface area contributed by atoms with Crippen LogP contribution in [0.3, 0.4) is 0 Å². The number of furan rings is 1. The first-order chi connectivity index (χ1) is 8.84. The summed E-state index contributed by atoms with van der Waals surface area (Å²) in [6.45, 7) is 16.1. The predicted octanol–water partition coefficient (Wildman–Crippen LogP) is 5.41. The van der Waals surface area contributed by atoms with Crippen LogP contribution < -0.4 is 0 Å². The highest BCUT2D eigenvalue weighted by Gasteiger charge is 2.41. The molecule has 1 aromatic heterocycles. The zero-order chi connectivity index (χ0) is 14.6. The fourth-order valence-corrected chi connectivity index (χ4v) is 8.44. The molecule has 19 heavy (non-hydrogen) atoms. The largest absolute Gasteiger partial charge is 0.453 e. The van der Waals surface area contributed by atoms with Crippen molar-refractivity contribution in [1.29, 1.82) is 0 Å². The van der Waals surface area contributed by atoms with E-state index in [1.165, 1.54) is 0 Å². The lowest BCUT2D eigenvalue weighted by atomic mass is 10.4. The molecule has 0 bridgehead atoms. The van der Waals surface area contributed by atoms with Crippen molar-refractivity contribution in [2.75, 3.05) is 0 Å². The van der Waals surface area contributed by atoms with Crippen LogP contribution in [0, 0.1) is 11.5 Å². The van der Waals surface area contributed by atoms with Gasteiger partial charge in [0.15, 0.2) is 5.76 Å². The molecule has 0 radical (unpaired) electrons. The molecular weight excluding hydrogens is 248 g/mol. The Morgan fingerprint density at radius 3 is 1.89 bits per heavy atom. The third kappa shape index (κ3) is 3.33. The van der Waals surface area contributed by atoms with Crippen molar-refractivity contribution in [3.8, 4) is 11.5 Å². The van der Waals surface area contributed by atoms with Gasteiger partial charge in [-0.3, -0.25) is 0 Å². The van der Waals surface area contributed by atoms with Crippen molar-refractivity contribution in [2.45, 2.75) is 71.5 Å². The maximum absolute atomic E-state index is 5.72. The second kappa shape index (κ2) is 6.48. The molecule has 0 atom stereocenters. The van der Waals surface area contributed by atoms with Crippen molar-refractivity contribution in [3.05, 3.63) is 23.7 Å². The lowest BCUT2D eigenvalue weighted by molar-refractivity contribution is 0.505. The van der Waals surface area contributed by atoms with Gasteiger partial charge in [0.1, 0.15) is 13.8 Å². The van der Waals surface area contributed by atoms with Gasteiger partial charge in [0.25, 0.3) is 0 Å². The average Bonchev–Trinajstić information content (AvgIpc) is 2.76. The molecule has 0 aliphatic heterocycles. The fraction of sp³-hybridized carbons (Fsp3) is 0.647.